The number of nitrogens with one attached hydrogen (secondary N) is 2. The predicted molar refractivity (Wildman–Crippen MR) is 117 cm³/mol. The highest BCUT2D eigenvalue weighted by molar-refractivity contribution is 7.19. The first-order valence-corrected chi connectivity index (χ1v) is 11.4. The highest BCUT2D eigenvalue weighted by Gasteiger charge is 2.33. The molecule has 1 fully saturated rings. The molecular formula is C21H29ClN4O2S. The second-order valence-electron chi connectivity index (χ2n) is 8.88. The summed E-state index contributed by atoms with van der Waals surface area (Å²) in [5.74, 6) is 1.06. The molecule has 0 radical (unpaired) electrons. The van der Waals surface area contributed by atoms with Crippen LogP contribution in [0.5, 0.6) is 0 Å². The number of amides is 1. The van der Waals surface area contributed by atoms with Crippen LogP contribution >= 0.6 is 22.9 Å². The van der Waals surface area contributed by atoms with Crippen LogP contribution in [0, 0.1) is 17.3 Å². The number of nitrogens with zero attached hydrogens (tertiary/aromatic N) is 2. The van der Waals surface area contributed by atoms with E-state index in [4.69, 9.17) is 11.6 Å². The Morgan fingerprint density at radius 2 is 1.97 bits per heavy atom. The van der Waals surface area contributed by atoms with Crippen molar-refractivity contribution in [2.24, 2.45) is 17.3 Å². The summed E-state index contributed by atoms with van der Waals surface area (Å²) in [6, 6.07) is 3.10. The summed E-state index contributed by atoms with van der Waals surface area (Å²) in [6.45, 7) is 8.73. The maximum atomic E-state index is 12.8. The fourth-order valence-corrected chi connectivity index (χ4v) is 4.98. The van der Waals surface area contributed by atoms with Crippen LogP contribution in [0.3, 0.4) is 0 Å². The number of aromatic amines is 1. The van der Waals surface area contributed by atoms with Gasteiger partial charge in [-0.3, -0.25) is 9.59 Å². The molecule has 1 atom stereocenters. The lowest BCUT2D eigenvalue weighted by Gasteiger charge is -2.36. The van der Waals surface area contributed by atoms with Crippen LogP contribution < -0.4 is 10.9 Å². The molecule has 2 aromatic rings. The van der Waals surface area contributed by atoms with Gasteiger partial charge in [-0.25, -0.2) is 0 Å². The Hall–Kier alpha value is -1.73. The number of rotatable bonds is 5. The first kappa shape index (κ1) is 22.0. The van der Waals surface area contributed by atoms with E-state index in [-0.39, 0.29) is 28.5 Å². The van der Waals surface area contributed by atoms with Crippen LogP contribution in [0.15, 0.2) is 16.9 Å². The fourth-order valence-electron chi connectivity index (χ4n) is 4.00. The van der Waals surface area contributed by atoms with Crippen molar-refractivity contribution < 1.29 is 4.79 Å². The second-order valence-corrected chi connectivity index (χ2v) is 10.6. The monoisotopic (exact) mass is 436 g/mol. The zero-order chi connectivity index (χ0) is 21.2. The molecular weight excluding hydrogens is 408 g/mol. The Bertz CT molecular complexity index is 910. The molecule has 6 nitrogen and oxygen atoms in total. The molecule has 1 aliphatic rings. The van der Waals surface area contributed by atoms with Gasteiger partial charge in [0.25, 0.3) is 5.56 Å². The van der Waals surface area contributed by atoms with Crippen LogP contribution in [0.2, 0.25) is 4.34 Å². The van der Waals surface area contributed by atoms with Gasteiger partial charge in [0, 0.05) is 5.92 Å². The molecule has 1 amide bonds. The Balaban J connectivity index is 1.67. The maximum absolute atomic E-state index is 12.8. The Morgan fingerprint density at radius 1 is 1.28 bits per heavy atom. The van der Waals surface area contributed by atoms with E-state index in [9.17, 15) is 9.59 Å². The molecule has 0 aliphatic heterocycles. The van der Waals surface area contributed by atoms with Gasteiger partial charge in [0.2, 0.25) is 5.91 Å². The van der Waals surface area contributed by atoms with E-state index in [1.807, 2.05) is 6.92 Å². The summed E-state index contributed by atoms with van der Waals surface area (Å²) in [5, 5.41) is 11.3. The zero-order valence-electron chi connectivity index (χ0n) is 17.4. The van der Waals surface area contributed by atoms with Gasteiger partial charge in [0.05, 0.1) is 15.3 Å². The van der Waals surface area contributed by atoms with Crippen molar-refractivity contribution in [2.75, 3.05) is 0 Å². The number of carbonyl (C=O) groups is 1. The van der Waals surface area contributed by atoms with Gasteiger partial charge in [-0.1, -0.05) is 39.3 Å². The van der Waals surface area contributed by atoms with Crippen molar-refractivity contribution in [3.63, 3.8) is 0 Å². The number of aromatic nitrogens is 3. The third-order valence-electron chi connectivity index (χ3n) is 5.91. The fraction of sp³-hybridized carbons (Fsp3) is 0.619. The van der Waals surface area contributed by atoms with Crippen molar-refractivity contribution >= 4 is 28.8 Å². The lowest BCUT2D eigenvalue weighted by molar-refractivity contribution is -0.127. The molecule has 0 bridgehead atoms. The summed E-state index contributed by atoms with van der Waals surface area (Å²) >= 11 is 7.27. The molecule has 1 unspecified atom stereocenters. The Morgan fingerprint density at radius 3 is 2.48 bits per heavy atom. The van der Waals surface area contributed by atoms with Gasteiger partial charge in [0.15, 0.2) is 11.5 Å². The van der Waals surface area contributed by atoms with Crippen LogP contribution in [-0.2, 0) is 4.79 Å². The molecule has 2 aromatic heterocycles. The largest absolute Gasteiger partial charge is 0.347 e. The molecule has 158 valence electrons. The summed E-state index contributed by atoms with van der Waals surface area (Å²) < 4.78 is 0.617. The minimum Gasteiger partial charge on any atom is -0.347 e. The topological polar surface area (TPSA) is 87.7 Å². The molecule has 8 heteroatoms. The first-order chi connectivity index (χ1) is 13.7. The standard InChI is InChI=1S/C21H29ClN4O2S/c1-5-14(23-19(27)12-6-8-13(9-7-12)21(2,3)4)17-20(28)24-18(26-25-17)15-10-11-16(22)29-15/h10-14H,5-9H2,1-4H3,(H,23,27)(H,24,26,28)/t12-,13+,14?. The van der Waals surface area contributed by atoms with Gasteiger partial charge in [-0.15, -0.1) is 21.5 Å². The summed E-state index contributed by atoms with van der Waals surface area (Å²) in [5.41, 5.74) is 0.198. The van der Waals surface area contributed by atoms with Gasteiger partial charge < -0.3 is 10.3 Å². The van der Waals surface area contributed by atoms with E-state index < -0.39 is 6.04 Å². The average Bonchev–Trinajstić information content (AvgIpc) is 3.12. The van der Waals surface area contributed by atoms with Crippen molar-refractivity contribution in [1.29, 1.82) is 0 Å². The van der Waals surface area contributed by atoms with Crippen molar-refractivity contribution in [3.8, 4) is 10.7 Å². The highest BCUT2D eigenvalue weighted by atomic mass is 35.5. The molecule has 0 aromatic carbocycles. The molecule has 1 aliphatic carbocycles. The first-order valence-electron chi connectivity index (χ1n) is 10.2. The Labute approximate surface area is 180 Å². The lowest BCUT2D eigenvalue weighted by atomic mass is 9.69. The quantitative estimate of drug-likeness (QED) is 0.692. The van der Waals surface area contributed by atoms with Gasteiger partial charge in [0.1, 0.15) is 0 Å². The van der Waals surface area contributed by atoms with Crippen LogP contribution in [0.4, 0.5) is 0 Å². The van der Waals surface area contributed by atoms with Crippen LogP contribution in [0.1, 0.15) is 71.5 Å². The smallest absolute Gasteiger partial charge is 0.275 e. The highest BCUT2D eigenvalue weighted by Crippen LogP contribution is 2.40. The number of carbonyl (C=O) groups excluding carboxylic acids is 1. The summed E-state index contributed by atoms with van der Waals surface area (Å²) in [4.78, 5) is 28.9. The maximum Gasteiger partial charge on any atom is 0.275 e. The third kappa shape index (κ3) is 5.25. The number of hydrogen-bond acceptors (Lipinski definition) is 5. The minimum absolute atomic E-state index is 0.00206. The number of H-pyrrole nitrogens is 1. The molecule has 0 saturated heterocycles. The molecule has 2 heterocycles. The van der Waals surface area contributed by atoms with Crippen molar-refractivity contribution in [2.45, 2.75) is 65.8 Å². The summed E-state index contributed by atoms with van der Waals surface area (Å²) in [6.07, 6.45) is 4.49. The molecule has 2 N–H and O–H groups in total. The van der Waals surface area contributed by atoms with E-state index in [0.29, 0.717) is 22.5 Å². The number of thiophene rings is 1. The van der Waals surface area contributed by atoms with Gasteiger partial charge in [-0.05, 0) is 55.6 Å². The molecule has 29 heavy (non-hydrogen) atoms. The normalized spacial score (nSPS) is 21.0. The zero-order valence-corrected chi connectivity index (χ0v) is 19.0. The number of hydrogen-bond donors (Lipinski definition) is 2. The predicted octanol–water partition coefficient (Wildman–Crippen LogP) is 4.97. The Kier molecular flexibility index (Phi) is 6.79. The third-order valence-corrected chi connectivity index (χ3v) is 7.14. The van der Waals surface area contributed by atoms with E-state index >= 15 is 0 Å². The van der Waals surface area contributed by atoms with E-state index in [2.05, 4.69) is 41.3 Å². The van der Waals surface area contributed by atoms with Gasteiger partial charge >= 0.3 is 0 Å². The minimum atomic E-state index is -0.444. The van der Waals surface area contributed by atoms with E-state index in [1.54, 1.807) is 12.1 Å². The van der Waals surface area contributed by atoms with Crippen molar-refractivity contribution in [1.82, 2.24) is 20.5 Å². The molecule has 1 saturated carbocycles. The van der Waals surface area contributed by atoms with Gasteiger partial charge in [-0.2, -0.15) is 0 Å². The summed E-state index contributed by atoms with van der Waals surface area (Å²) in [7, 11) is 0. The van der Waals surface area contributed by atoms with E-state index in [0.717, 1.165) is 30.6 Å². The molecule has 3 rings (SSSR count). The van der Waals surface area contributed by atoms with E-state index in [1.165, 1.54) is 11.3 Å². The SMILES string of the molecule is CCC(NC(=O)[C@H]1CC[C@@H](C(C)(C)C)CC1)c1nnc(-c2ccc(Cl)s2)[nH]c1=O. The van der Waals surface area contributed by atoms with Crippen LogP contribution in [-0.4, -0.2) is 21.1 Å². The molecule has 0 spiro atoms. The lowest BCUT2D eigenvalue weighted by Crippen LogP contribution is -2.39. The van der Waals surface area contributed by atoms with Crippen molar-refractivity contribution in [3.05, 3.63) is 32.5 Å². The second kappa shape index (κ2) is 8.96. The number of halogens is 1. The van der Waals surface area contributed by atoms with Crippen LogP contribution in [0.25, 0.3) is 10.7 Å². The average molecular weight is 437 g/mol.